The summed E-state index contributed by atoms with van der Waals surface area (Å²) < 4.78 is 4.80. The van der Waals surface area contributed by atoms with Gasteiger partial charge in [0.05, 0.1) is 0 Å². The van der Waals surface area contributed by atoms with Crippen LogP contribution in [0.25, 0.3) is 0 Å². The van der Waals surface area contributed by atoms with Crippen LogP contribution in [0.15, 0.2) is 12.1 Å². The van der Waals surface area contributed by atoms with Crippen LogP contribution >= 0.6 is 0 Å². The summed E-state index contributed by atoms with van der Waals surface area (Å²) in [7, 11) is 0. The molecule has 1 amide bonds. The number of hydrogen-bond acceptors (Lipinski definition) is 3. The fourth-order valence-electron chi connectivity index (χ4n) is 2.14. The third-order valence-electron chi connectivity index (χ3n) is 2.78. The second-order valence-electron chi connectivity index (χ2n) is 4.40. The zero-order valence-corrected chi connectivity index (χ0v) is 10.7. The van der Waals surface area contributed by atoms with Gasteiger partial charge in [-0.15, -0.1) is 0 Å². The Balaban J connectivity index is 3.03. The van der Waals surface area contributed by atoms with Crippen LogP contribution < -0.4 is 5.73 Å². The number of aliphatic hydroxyl groups is 1. The molecule has 0 saturated heterocycles. The smallest absolute Gasteiger partial charge is 0.404 e. The number of nitrogens with two attached hydrogens (primary N) is 1. The second kappa shape index (κ2) is 5.19. The maximum Gasteiger partial charge on any atom is 0.404 e. The molecule has 17 heavy (non-hydrogen) atoms. The van der Waals surface area contributed by atoms with Gasteiger partial charge in [-0.2, -0.15) is 0 Å². The summed E-state index contributed by atoms with van der Waals surface area (Å²) in [6.07, 6.45) is -2.39. The summed E-state index contributed by atoms with van der Waals surface area (Å²) in [6, 6.07) is 3.98. The third kappa shape index (κ3) is 3.20. The minimum atomic E-state index is -0.876. The number of ether oxygens (including phenoxy) is 1. The first-order chi connectivity index (χ1) is 7.82. The van der Waals surface area contributed by atoms with Gasteiger partial charge >= 0.3 is 6.09 Å². The second-order valence-corrected chi connectivity index (χ2v) is 4.40. The summed E-state index contributed by atoms with van der Waals surface area (Å²) in [4.78, 5) is 10.7. The molecule has 0 aliphatic heterocycles. The van der Waals surface area contributed by atoms with Crippen molar-refractivity contribution in [1.29, 1.82) is 0 Å². The number of primary amides is 1. The molecule has 1 rings (SSSR count). The van der Waals surface area contributed by atoms with Crippen LogP contribution in [0.4, 0.5) is 4.79 Å². The first-order valence-corrected chi connectivity index (χ1v) is 5.54. The highest BCUT2D eigenvalue weighted by atomic mass is 16.6. The van der Waals surface area contributed by atoms with Crippen molar-refractivity contribution < 1.29 is 14.6 Å². The summed E-state index contributed by atoms with van der Waals surface area (Å²) in [5.74, 6) is 0. The van der Waals surface area contributed by atoms with Gasteiger partial charge in [0.25, 0.3) is 0 Å². The number of hydrogen-bond donors (Lipinski definition) is 2. The number of aliphatic hydroxyl groups excluding tert-OH is 1. The predicted octanol–water partition coefficient (Wildman–Crippen LogP) is 2.13. The summed E-state index contributed by atoms with van der Waals surface area (Å²) in [6.45, 7) is 7.47. The van der Waals surface area contributed by atoms with E-state index >= 15 is 0 Å². The van der Waals surface area contributed by atoms with Gasteiger partial charge in [0.1, 0.15) is 12.2 Å². The highest BCUT2D eigenvalue weighted by Gasteiger charge is 2.22. The average molecular weight is 237 g/mol. The molecule has 94 valence electrons. The van der Waals surface area contributed by atoms with E-state index in [4.69, 9.17) is 10.5 Å². The standard InChI is InChI=1S/C13H19NO3/c1-7-5-8(2)11(9(3)6-7)12(15)10(4)17-13(14)16/h5-6,10,12,15H,1-4H3,(H2,14,16)/t10-,12+/m0/s1. The molecule has 1 aromatic rings. The molecule has 4 nitrogen and oxygen atoms in total. The zero-order chi connectivity index (χ0) is 13.2. The van der Waals surface area contributed by atoms with Crippen molar-refractivity contribution in [3.63, 3.8) is 0 Å². The lowest BCUT2D eigenvalue weighted by molar-refractivity contribution is 0.0151. The first kappa shape index (κ1) is 13.5. The van der Waals surface area contributed by atoms with Gasteiger partial charge in [-0.3, -0.25) is 0 Å². The number of carbonyl (C=O) groups is 1. The van der Waals surface area contributed by atoms with Gasteiger partial charge in [-0.05, 0) is 44.4 Å². The Hall–Kier alpha value is -1.55. The van der Waals surface area contributed by atoms with E-state index in [2.05, 4.69) is 0 Å². The lowest BCUT2D eigenvalue weighted by Gasteiger charge is -2.22. The molecule has 0 saturated carbocycles. The Bertz CT molecular complexity index is 406. The molecule has 0 heterocycles. The van der Waals surface area contributed by atoms with Crippen LogP contribution in [0.1, 0.15) is 35.3 Å². The van der Waals surface area contributed by atoms with Crippen molar-refractivity contribution >= 4 is 6.09 Å². The van der Waals surface area contributed by atoms with Crippen LogP contribution in [-0.4, -0.2) is 17.3 Å². The maximum atomic E-state index is 10.7. The van der Waals surface area contributed by atoms with Crippen molar-refractivity contribution in [2.45, 2.75) is 39.9 Å². The number of amides is 1. The van der Waals surface area contributed by atoms with Crippen molar-refractivity contribution in [3.05, 3.63) is 34.4 Å². The van der Waals surface area contributed by atoms with Crippen molar-refractivity contribution in [2.24, 2.45) is 5.73 Å². The highest BCUT2D eigenvalue weighted by Crippen LogP contribution is 2.27. The molecule has 0 fully saturated rings. The highest BCUT2D eigenvalue weighted by molar-refractivity contribution is 5.64. The van der Waals surface area contributed by atoms with Gasteiger partial charge in [0.2, 0.25) is 0 Å². The SMILES string of the molecule is Cc1cc(C)c([C@H](O)[C@H](C)OC(N)=O)c(C)c1. The lowest BCUT2D eigenvalue weighted by Crippen LogP contribution is -2.26. The number of carbonyl (C=O) groups excluding carboxylic acids is 1. The van der Waals surface area contributed by atoms with E-state index in [1.807, 2.05) is 32.9 Å². The van der Waals surface area contributed by atoms with Crippen LogP contribution in [0.3, 0.4) is 0 Å². The fraction of sp³-hybridized carbons (Fsp3) is 0.462. The normalized spacial score (nSPS) is 14.2. The van der Waals surface area contributed by atoms with Crippen molar-refractivity contribution in [2.75, 3.05) is 0 Å². The van der Waals surface area contributed by atoms with E-state index in [-0.39, 0.29) is 0 Å². The van der Waals surface area contributed by atoms with E-state index < -0.39 is 18.3 Å². The lowest BCUT2D eigenvalue weighted by atomic mass is 9.93. The van der Waals surface area contributed by atoms with Crippen LogP contribution in [-0.2, 0) is 4.74 Å². The van der Waals surface area contributed by atoms with Gasteiger partial charge in [-0.1, -0.05) is 17.7 Å². The molecule has 0 aliphatic rings. The quantitative estimate of drug-likeness (QED) is 0.845. The molecule has 4 heteroatoms. The van der Waals surface area contributed by atoms with Crippen molar-refractivity contribution in [3.8, 4) is 0 Å². The number of aryl methyl sites for hydroxylation is 3. The monoisotopic (exact) mass is 237 g/mol. The van der Waals surface area contributed by atoms with Gasteiger partial charge < -0.3 is 15.6 Å². The Morgan fingerprint density at radius 2 is 1.76 bits per heavy atom. The summed E-state index contributed by atoms with van der Waals surface area (Å²) in [5.41, 5.74) is 8.83. The number of benzene rings is 1. The largest absolute Gasteiger partial charge is 0.444 e. The molecule has 0 aliphatic carbocycles. The van der Waals surface area contributed by atoms with E-state index in [9.17, 15) is 9.90 Å². The van der Waals surface area contributed by atoms with E-state index in [0.717, 1.165) is 22.3 Å². The van der Waals surface area contributed by atoms with E-state index in [0.29, 0.717) is 0 Å². The molecular weight excluding hydrogens is 218 g/mol. The van der Waals surface area contributed by atoms with E-state index in [1.54, 1.807) is 6.92 Å². The molecule has 0 spiro atoms. The molecule has 1 aromatic carbocycles. The topological polar surface area (TPSA) is 72.6 Å². The Morgan fingerprint density at radius 3 is 2.18 bits per heavy atom. The predicted molar refractivity (Wildman–Crippen MR) is 65.7 cm³/mol. The zero-order valence-electron chi connectivity index (χ0n) is 10.7. The molecule has 0 aromatic heterocycles. The van der Waals surface area contributed by atoms with Crippen LogP contribution in [0.5, 0.6) is 0 Å². The number of rotatable bonds is 3. The molecule has 0 unspecified atom stereocenters. The minimum Gasteiger partial charge on any atom is -0.444 e. The molecular formula is C13H19NO3. The van der Waals surface area contributed by atoms with Gasteiger partial charge in [0, 0.05) is 0 Å². The van der Waals surface area contributed by atoms with Gasteiger partial charge in [-0.25, -0.2) is 4.79 Å². The van der Waals surface area contributed by atoms with E-state index in [1.165, 1.54) is 0 Å². The Morgan fingerprint density at radius 1 is 1.29 bits per heavy atom. The van der Waals surface area contributed by atoms with Gasteiger partial charge in [0.15, 0.2) is 0 Å². The molecule has 3 N–H and O–H groups in total. The summed E-state index contributed by atoms with van der Waals surface area (Å²) >= 11 is 0. The first-order valence-electron chi connectivity index (χ1n) is 5.54. The average Bonchev–Trinajstić information content (AvgIpc) is 2.14. The molecule has 2 atom stereocenters. The van der Waals surface area contributed by atoms with Crippen molar-refractivity contribution in [1.82, 2.24) is 0 Å². The van der Waals surface area contributed by atoms with Crippen LogP contribution in [0.2, 0.25) is 0 Å². The Labute approximate surface area is 101 Å². The van der Waals surface area contributed by atoms with Crippen LogP contribution in [0, 0.1) is 20.8 Å². The maximum absolute atomic E-state index is 10.7. The molecule has 0 bridgehead atoms. The summed E-state index contributed by atoms with van der Waals surface area (Å²) in [5, 5.41) is 10.2. The minimum absolute atomic E-state index is 0.660. The third-order valence-corrected chi connectivity index (χ3v) is 2.78. The fourth-order valence-corrected chi connectivity index (χ4v) is 2.14. The molecule has 0 radical (unpaired) electrons. The Kier molecular flexibility index (Phi) is 4.12.